The lowest BCUT2D eigenvalue weighted by atomic mass is 10.0. The molecule has 0 aliphatic carbocycles. The van der Waals surface area contributed by atoms with Crippen LogP contribution in [0.15, 0.2) is 24.3 Å². The van der Waals surface area contributed by atoms with Crippen LogP contribution in [0.2, 0.25) is 0 Å². The lowest BCUT2D eigenvalue weighted by Crippen LogP contribution is -2.22. The summed E-state index contributed by atoms with van der Waals surface area (Å²) in [6.07, 6.45) is 1.11. The Bertz CT molecular complexity index is 529. The van der Waals surface area contributed by atoms with E-state index in [0.717, 1.165) is 19.5 Å². The van der Waals surface area contributed by atoms with Crippen LogP contribution in [-0.2, 0) is 13.0 Å². The SMILES string of the molecule is Cc1ccc(-c2cc3c([nH]2)CCNC3)c(C)c1. The molecule has 0 unspecified atom stereocenters. The van der Waals surface area contributed by atoms with Crippen LogP contribution in [-0.4, -0.2) is 11.5 Å². The van der Waals surface area contributed by atoms with E-state index in [-0.39, 0.29) is 0 Å². The van der Waals surface area contributed by atoms with Gasteiger partial charge in [0.15, 0.2) is 0 Å². The zero-order chi connectivity index (χ0) is 11.8. The lowest BCUT2D eigenvalue weighted by Gasteiger charge is -2.11. The summed E-state index contributed by atoms with van der Waals surface area (Å²) in [7, 11) is 0. The molecule has 2 aromatic rings. The fourth-order valence-corrected chi connectivity index (χ4v) is 2.62. The number of rotatable bonds is 1. The van der Waals surface area contributed by atoms with E-state index in [0.29, 0.717) is 0 Å². The molecule has 0 fully saturated rings. The normalized spacial score (nSPS) is 14.7. The van der Waals surface area contributed by atoms with Crippen LogP contribution >= 0.6 is 0 Å². The molecule has 2 heterocycles. The second-order valence-corrected chi connectivity index (χ2v) is 4.93. The first kappa shape index (κ1) is 10.6. The molecule has 1 aromatic carbocycles. The number of fused-ring (bicyclic) bond motifs is 1. The molecule has 0 spiro atoms. The van der Waals surface area contributed by atoms with Crippen molar-refractivity contribution in [2.24, 2.45) is 0 Å². The highest BCUT2D eigenvalue weighted by Gasteiger charge is 2.13. The Hall–Kier alpha value is -1.54. The molecule has 0 amide bonds. The van der Waals surface area contributed by atoms with Crippen molar-refractivity contribution >= 4 is 0 Å². The molecule has 0 bridgehead atoms. The number of aromatic nitrogens is 1. The molecule has 17 heavy (non-hydrogen) atoms. The van der Waals surface area contributed by atoms with Gasteiger partial charge in [-0.1, -0.05) is 23.8 Å². The number of nitrogens with one attached hydrogen (secondary N) is 2. The van der Waals surface area contributed by atoms with Crippen LogP contribution in [0, 0.1) is 13.8 Å². The van der Waals surface area contributed by atoms with E-state index in [2.05, 4.69) is 48.4 Å². The Labute approximate surface area is 102 Å². The molecular formula is C15H18N2. The van der Waals surface area contributed by atoms with Gasteiger partial charge in [0, 0.05) is 36.5 Å². The van der Waals surface area contributed by atoms with Crippen LogP contribution in [0.1, 0.15) is 22.4 Å². The van der Waals surface area contributed by atoms with Gasteiger partial charge >= 0.3 is 0 Å². The number of hydrogen-bond donors (Lipinski definition) is 2. The summed E-state index contributed by atoms with van der Waals surface area (Å²) in [6, 6.07) is 8.93. The first-order valence-corrected chi connectivity index (χ1v) is 6.23. The van der Waals surface area contributed by atoms with Crippen molar-refractivity contribution in [3.05, 3.63) is 46.6 Å². The topological polar surface area (TPSA) is 27.8 Å². The van der Waals surface area contributed by atoms with E-state index in [9.17, 15) is 0 Å². The highest BCUT2D eigenvalue weighted by Crippen LogP contribution is 2.27. The number of aryl methyl sites for hydroxylation is 2. The molecule has 0 saturated heterocycles. The van der Waals surface area contributed by atoms with Gasteiger partial charge in [-0.3, -0.25) is 0 Å². The summed E-state index contributed by atoms with van der Waals surface area (Å²) in [5.74, 6) is 0. The minimum atomic E-state index is 0.997. The van der Waals surface area contributed by atoms with E-state index < -0.39 is 0 Å². The molecule has 1 aliphatic rings. The van der Waals surface area contributed by atoms with Crippen LogP contribution < -0.4 is 5.32 Å². The summed E-state index contributed by atoms with van der Waals surface area (Å²) in [6.45, 7) is 6.40. The van der Waals surface area contributed by atoms with E-state index in [1.807, 2.05) is 0 Å². The fraction of sp³-hybridized carbons (Fsp3) is 0.333. The average Bonchev–Trinajstić information content (AvgIpc) is 2.72. The average molecular weight is 226 g/mol. The quantitative estimate of drug-likeness (QED) is 0.768. The highest BCUT2D eigenvalue weighted by atomic mass is 14.9. The maximum atomic E-state index is 3.57. The minimum Gasteiger partial charge on any atom is -0.358 e. The third-order valence-electron chi connectivity index (χ3n) is 3.53. The molecule has 2 N–H and O–H groups in total. The van der Waals surface area contributed by atoms with Crippen molar-refractivity contribution in [2.45, 2.75) is 26.8 Å². The molecule has 0 atom stereocenters. The standard InChI is InChI=1S/C15H18N2/c1-10-3-4-13(11(2)7-10)15-8-12-9-16-6-5-14(12)17-15/h3-4,7-8,16-17H,5-6,9H2,1-2H3. The van der Waals surface area contributed by atoms with Crippen molar-refractivity contribution < 1.29 is 0 Å². The largest absolute Gasteiger partial charge is 0.358 e. The molecule has 3 rings (SSSR count). The van der Waals surface area contributed by atoms with Crippen LogP contribution in [0.3, 0.4) is 0 Å². The van der Waals surface area contributed by atoms with E-state index in [1.165, 1.54) is 33.6 Å². The van der Waals surface area contributed by atoms with Gasteiger partial charge in [0.25, 0.3) is 0 Å². The van der Waals surface area contributed by atoms with Crippen molar-refractivity contribution in [2.75, 3.05) is 6.54 Å². The molecule has 2 heteroatoms. The molecule has 0 saturated carbocycles. The molecular weight excluding hydrogens is 208 g/mol. The van der Waals surface area contributed by atoms with Gasteiger partial charge in [0.2, 0.25) is 0 Å². The molecule has 2 nitrogen and oxygen atoms in total. The van der Waals surface area contributed by atoms with Crippen molar-refractivity contribution in [1.29, 1.82) is 0 Å². The van der Waals surface area contributed by atoms with E-state index in [4.69, 9.17) is 0 Å². The van der Waals surface area contributed by atoms with Crippen molar-refractivity contribution in [3.63, 3.8) is 0 Å². The smallest absolute Gasteiger partial charge is 0.0462 e. The third-order valence-corrected chi connectivity index (χ3v) is 3.53. The molecule has 88 valence electrons. The van der Waals surface area contributed by atoms with Gasteiger partial charge in [0.1, 0.15) is 0 Å². The van der Waals surface area contributed by atoms with Crippen molar-refractivity contribution in [1.82, 2.24) is 10.3 Å². The van der Waals surface area contributed by atoms with Gasteiger partial charge in [-0.05, 0) is 31.0 Å². The van der Waals surface area contributed by atoms with Gasteiger partial charge in [0.05, 0.1) is 0 Å². The Balaban J connectivity index is 2.06. The molecule has 1 aromatic heterocycles. The molecule has 0 radical (unpaired) electrons. The highest BCUT2D eigenvalue weighted by molar-refractivity contribution is 5.66. The van der Waals surface area contributed by atoms with Crippen LogP contribution in [0.25, 0.3) is 11.3 Å². The maximum Gasteiger partial charge on any atom is 0.0462 e. The Kier molecular flexibility index (Phi) is 2.52. The zero-order valence-electron chi connectivity index (χ0n) is 10.4. The predicted molar refractivity (Wildman–Crippen MR) is 71.1 cm³/mol. The minimum absolute atomic E-state index is 0.997. The van der Waals surface area contributed by atoms with Gasteiger partial charge < -0.3 is 10.3 Å². The summed E-state index contributed by atoms with van der Waals surface area (Å²) >= 11 is 0. The van der Waals surface area contributed by atoms with Crippen LogP contribution in [0.5, 0.6) is 0 Å². The lowest BCUT2D eigenvalue weighted by molar-refractivity contribution is 0.638. The number of H-pyrrole nitrogens is 1. The summed E-state index contributed by atoms with van der Waals surface area (Å²) in [5.41, 5.74) is 8.08. The predicted octanol–water partition coefficient (Wildman–Crippen LogP) is 2.94. The Morgan fingerprint density at radius 2 is 2.00 bits per heavy atom. The Morgan fingerprint density at radius 1 is 1.12 bits per heavy atom. The van der Waals surface area contributed by atoms with Crippen molar-refractivity contribution in [3.8, 4) is 11.3 Å². The third kappa shape index (κ3) is 1.89. The van der Waals surface area contributed by atoms with Gasteiger partial charge in [-0.25, -0.2) is 0 Å². The number of benzene rings is 1. The summed E-state index contributed by atoms with van der Waals surface area (Å²) < 4.78 is 0. The first-order valence-electron chi connectivity index (χ1n) is 6.23. The van der Waals surface area contributed by atoms with E-state index >= 15 is 0 Å². The summed E-state index contributed by atoms with van der Waals surface area (Å²) in [5, 5.41) is 3.41. The second kappa shape index (κ2) is 4.04. The molecule has 1 aliphatic heterocycles. The summed E-state index contributed by atoms with van der Waals surface area (Å²) in [4.78, 5) is 3.57. The first-order chi connectivity index (χ1) is 8.24. The van der Waals surface area contributed by atoms with Gasteiger partial charge in [-0.15, -0.1) is 0 Å². The zero-order valence-corrected chi connectivity index (χ0v) is 10.4. The van der Waals surface area contributed by atoms with E-state index in [1.54, 1.807) is 0 Å². The van der Waals surface area contributed by atoms with Gasteiger partial charge in [-0.2, -0.15) is 0 Å². The second-order valence-electron chi connectivity index (χ2n) is 4.93. The monoisotopic (exact) mass is 226 g/mol. The van der Waals surface area contributed by atoms with Crippen LogP contribution in [0.4, 0.5) is 0 Å². The Morgan fingerprint density at radius 3 is 2.76 bits per heavy atom. The number of hydrogen-bond acceptors (Lipinski definition) is 1. The number of aromatic amines is 1. The fourth-order valence-electron chi connectivity index (χ4n) is 2.62. The maximum absolute atomic E-state index is 3.57.